The molecular weight excluding hydrogens is 402 g/mol. The molecule has 2 aromatic heterocycles. The van der Waals surface area contributed by atoms with Crippen molar-refractivity contribution in [3.63, 3.8) is 0 Å². The first kappa shape index (κ1) is 18.2. The number of hydrazine groups is 1. The molecule has 2 saturated heterocycles. The van der Waals surface area contributed by atoms with Gasteiger partial charge in [0.15, 0.2) is 11.5 Å². The molecule has 2 N–H and O–H groups in total. The summed E-state index contributed by atoms with van der Waals surface area (Å²) in [6, 6.07) is 7.29. The van der Waals surface area contributed by atoms with Gasteiger partial charge in [-0.3, -0.25) is 4.79 Å². The minimum Gasteiger partial charge on any atom is -0.454 e. The normalized spacial score (nSPS) is 22.5. The van der Waals surface area contributed by atoms with Crippen molar-refractivity contribution in [2.24, 2.45) is 0 Å². The minimum absolute atomic E-state index is 0.0184. The number of hydrogen-bond acceptors (Lipinski definition) is 10. The maximum atomic E-state index is 12.9. The number of fused-ring (bicyclic) bond motifs is 1. The zero-order valence-electron chi connectivity index (χ0n) is 16.4. The van der Waals surface area contributed by atoms with Gasteiger partial charge >= 0.3 is 0 Å². The van der Waals surface area contributed by atoms with Crippen LogP contribution in [0.15, 0.2) is 41.2 Å². The minimum atomic E-state index is -0.299. The molecule has 1 amide bonds. The van der Waals surface area contributed by atoms with Crippen molar-refractivity contribution in [1.82, 2.24) is 35.9 Å². The van der Waals surface area contributed by atoms with Crippen molar-refractivity contribution in [2.45, 2.75) is 24.4 Å². The van der Waals surface area contributed by atoms with Crippen molar-refractivity contribution < 1.29 is 18.8 Å². The number of aromatic nitrogens is 4. The van der Waals surface area contributed by atoms with Crippen LogP contribution in [-0.4, -0.2) is 56.8 Å². The molecule has 31 heavy (non-hydrogen) atoms. The molecule has 0 aliphatic carbocycles. The third-order valence-electron chi connectivity index (χ3n) is 5.75. The number of likely N-dealkylation sites (tertiary alicyclic amines) is 1. The molecule has 2 unspecified atom stereocenters. The van der Waals surface area contributed by atoms with Crippen LogP contribution in [0.4, 0.5) is 0 Å². The number of carbonyl (C=O) groups is 1. The summed E-state index contributed by atoms with van der Waals surface area (Å²) in [6.45, 7) is 1.33. The molecule has 1 aromatic carbocycles. The van der Waals surface area contributed by atoms with E-state index in [4.69, 9.17) is 14.0 Å². The van der Waals surface area contributed by atoms with Crippen LogP contribution < -0.4 is 20.3 Å². The highest BCUT2D eigenvalue weighted by Gasteiger charge is 2.41. The van der Waals surface area contributed by atoms with Gasteiger partial charge in [0, 0.05) is 31.5 Å². The molecule has 3 aliphatic heterocycles. The number of carbonyl (C=O) groups excluding carboxylic acids is 1. The second-order valence-corrected chi connectivity index (χ2v) is 7.71. The van der Waals surface area contributed by atoms with Gasteiger partial charge in [0.05, 0.1) is 5.92 Å². The highest BCUT2D eigenvalue weighted by atomic mass is 16.7. The Bertz CT molecular complexity index is 1120. The molecule has 2 fully saturated rings. The van der Waals surface area contributed by atoms with E-state index in [0.717, 1.165) is 17.1 Å². The van der Waals surface area contributed by atoms with E-state index in [0.29, 0.717) is 37.0 Å². The zero-order chi connectivity index (χ0) is 20.8. The Kier molecular flexibility index (Phi) is 4.28. The summed E-state index contributed by atoms with van der Waals surface area (Å²) in [5.74, 6) is 2.83. The highest BCUT2D eigenvalue weighted by Crippen LogP contribution is 2.36. The zero-order valence-corrected chi connectivity index (χ0v) is 16.4. The summed E-state index contributed by atoms with van der Waals surface area (Å²) in [6.07, 6.45) is 3.90. The fraction of sp³-hybridized carbons (Fsp3) is 0.350. The van der Waals surface area contributed by atoms with E-state index in [2.05, 4.69) is 31.0 Å². The number of amides is 1. The molecule has 0 spiro atoms. The van der Waals surface area contributed by atoms with E-state index >= 15 is 0 Å². The van der Waals surface area contributed by atoms with Crippen LogP contribution in [-0.2, 0) is 4.79 Å². The first-order chi connectivity index (χ1) is 15.2. The monoisotopic (exact) mass is 421 g/mol. The maximum absolute atomic E-state index is 12.9. The summed E-state index contributed by atoms with van der Waals surface area (Å²) >= 11 is 0. The Morgan fingerprint density at radius 2 is 1.90 bits per heavy atom. The smallest absolute Gasteiger partial charge is 0.241 e. The third-order valence-corrected chi connectivity index (χ3v) is 5.75. The predicted molar refractivity (Wildman–Crippen MR) is 105 cm³/mol. The van der Waals surface area contributed by atoms with Gasteiger partial charge in [-0.25, -0.2) is 20.8 Å². The predicted octanol–water partition coefficient (Wildman–Crippen LogP) is 0.789. The first-order valence-corrected chi connectivity index (χ1v) is 10.0. The van der Waals surface area contributed by atoms with Gasteiger partial charge in [-0.1, -0.05) is 11.2 Å². The van der Waals surface area contributed by atoms with Gasteiger partial charge < -0.3 is 18.9 Å². The number of hydrogen-bond donors (Lipinski definition) is 2. The van der Waals surface area contributed by atoms with Crippen molar-refractivity contribution in [3.05, 3.63) is 48.1 Å². The molecule has 11 heteroatoms. The van der Waals surface area contributed by atoms with E-state index < -0.39 is 0 Å². The van der Waals surface area contributed by atoms with Crippen LogP contribution in [0.5, 0.6) is 11.5 Å². The highest BCUT2D eigenvalue weighted by molar-refractivity contribution is 5.83. The lowest BCUT2D eigenvalue weighted by Gasteiger charge is -2.38. The van der Waals surface area contributed by atoms with E-state index in [1.54, 1.807) is 23.4 Å². The second-order valence-electron chi connectivity index (χ2n) is 7.71. The number of benzene rings is 1. The Balaban J connectivity index is 1.06. The van der Waals surface area contributed by atoms with Crippen LogP contribution in [0.25, 0.3) is 11.6 Å². The summed E-state index contributed by atoms with van der Waals surface area (Å²) in [5, 5.41) is 3.95. The van der Waals surface area contributed by atoms with Crippen molar-refractivity contribution >= 4 is 5.91 Å². The Labute approximate surface area is 176 Å². The largest absolute Gasteiger partial charge is 0.454 e. The molecule has 158 valence electrons. The Hall–Kier alpha value is -3.57. The van der Waals surface area contributed by atoms with Gasteiger partial charge in [-0.15, -0.1) is 0 Å². The lowest BCUT2D eigenvalue weighted by molar-refractivity contribution is -0.138. The summed E-state index contributed by atoms with van der Waals surface area (Å²) in [7, 11) is 0. The number of nitrogens with one attached hydrogen (secondary N) is 2. The van der Waals surface area contributed by atoms with Gasteiger partial charge in [-0.05, 0) is 30.2 Å². The standard InChI is InChI=1S/C20H19N7O4/c28-20(14-7-13(24-25-14)11-2-3-15-16(6-11)30-10-29-15)27-8-12(9-27)19-23-18(26-31-19)17-21-4-1-5-22-17/h1-6,12-14,24-25H,7-10H2. The van der Waals surface area contributed by atoms with Gasteiger partial charge in [-0.2, -0.15) is 4.98 Å². The lowest BCUT2D eigenvalue weighted by atomic mass is 9.96. The summed E-state index contributed by atoms with van der Waals surface area (Å²) < 4.78 is 16.2. The fourth-order valence-electron chi connectivity index (χ4n) is 4.01. The van der Waals surface area contributed by atoms with Crippen LogP contribution in [0, 0.1) is 0 Å². The average molecular weight is 421 g/mol. The van der Waals surface area contributed by atoms with Crippen LogP contribution in [0.1, 0.15) is 29.8 Å². The van der Waals surface area contributed by atoms with E-state index in [9.17, 15) is 4.79 Å². The number of rotatable bonds is 4. The molecule has 2 atom stereocenters. The first-order valence-electron chi connectivity index (χ1n) is 10.0. The van der Waals surface area contributed by atoms with Crippen molar-refractivity contribution in [3.8, 4) is 23.1 Å². The number of ether oxygens (including phenoxy) is 2. The van der Waals surface area contributed by atoms with Gasteiger partial charge in [0.1, 0.15) is 6.04 Å². The molecule has 0 saturated carbocycles. The molecule has 5 heterocycles. The Morgan fingerprint density at radius 1 is 1.06 bits per heavy atom. The van der Waals surface area contributed by atoms with Crippen molar-refractivity contribution in [1.29, 1.82) is 0 Å². The van der Waals surface area contributed by atoms with Crippen LogP contribution in [0.2, 0.25) is 0 Å². The topological polar surface area (TPSA) is 128 Å². The summed E-state index contributed by atoms with van der Waals surface area (Å²) in [4.78, 5) is 27.3. The van der Waals surface area contributed by atoms with E-state index in [1.165, 1.54) is 0 Å². The summed E-state index contributed by atoms with van der Waals surface area (Å²) in [5.41, 5.74) is 7.39. The fourth-order valence-corrected chi connectivity index (χ4v) is 4.01. The SMILES string of the molecule is O=C(C1CC(c2ccc3c(c2)OCO3)NN1)N1CC(c2nc(-c3ncccn3)no2)C1. The molecule has 3 aromatic rings. The van der Waals surface area contributed by atoms with E-state index in [-0.39, 0.29) is 30.7 Å². The van der Waals surface area contributed by atoms with Crippen LogP contribution in [0.3, 0.4) is 0 Å². The van der Waals surface area contributed by atoms with E-state index in [1.807, 2.05) is 18.2 Å². The lowest BCUT2D eigenvalue weighted by Crippen LogP contribution is -2.54. The second kappa shape index (κ2) is 7.29. The third kappa shape index (κ3) is 3.27. The molecule has 0 radical (unpaired) electrons. The van der Waals surface area contributed by atoms with Gasteiger partial charge in [0.2, 0.25) is 30.2 Å². The quantitative estimate of drug-likeness (QED) is 0.624. The van der Waals surface area contributed by atoms with Crippen LogP contribution >= 0.6 is 0 Å². The molecule has 6 rings (SSSR count). The molecule has 3 aliphatic rings. The maximum Gasteiger partial charge on any atom is 0.241 e. The molecule has 11 nitrogen and oxygen atoms in total. The van der Waals surface area contributed by atoms with Crippen molar-refractivity contribution in [2.75, 3.05) is 19.9 Å². The van der Waals surface area contributed by atoms with Gasteiger partial charge in [0.25, 0.3) is 0 Å². The Morgan fingerprint density at radius 3 is 2.77 bits per heavy atom. The number of nitrogens with zero attached hydrogens (tertiary/aromatic N) is 5. The molecule has 0 bridgehead atoms. The average Bonchev–Trinajstić information content (AvgIpc) is 3.52. The molecular formula is C20H19N7O4.